The number of ether oxygens (including phenoxy) is 2. The lowest BCUT2D eigenvalue weighted by Crippen LogP contribution is -2.46. The first-order valence-corrected chi connectivity index (χ1v) is 12.7. The Balaban J connectivity index is 1.74. The Labute approximate surface area is 207 Å². The predicted molar refractivity (Wildman–Crippen MR) is 138 cm³/mol. The van der Waals surface area contributed by atoms with Crippen LogP contribution in [0.25, 0.3) is 0 Å². The van der Waals surface area contributed by atoms with Gasteiger partial charge in [-0.05, 0) is 49.2 Å². The van der Waals surface area contributed by atoms with Crippen LogP contribution in [0.15, 0.2) is 78.9 Å². The summed E-state index contributed by atoms with van der Waals surface area (Å²) in [4.78, 5) is 0. The first-order chi connectivity index (χ1) is 16.6. The normalized spacial score (nSPS) is 12.9. The molecule has 0 radical (unpaired) electrons. The Morgan fingerprint density at radius 3 is 2.23 bits per heavy atom. The van der Waals surface area contributed by atoms with Crippen LogP contribution < -0.4 is 19.5 Å². The van der Waals surface area contributed by atoms with Gasteiger partial charge in [-0.1, -0.05) is 54.6 Å². The van der Waals surface area contributed by atoms with Gasteiger partial charge in [0.25, 0.3) is 0 Å². The molecule has 0 aliphatic rings. The molecule has 0 spiro atoms. The van der Waals surface area contributed by atoms with E-state index in [0.29, 0.717) is 17.1 Å². The molecule has 0 aromatic heterocycles. The van der Waals surface area contributed by atoms with Crippen molar-refractivity contribution < 1.29 is 23.0 Å². The second kappa shape index (κ2) is 11.5. The van der Waals surface area contributed by atoms with E-state index in [2.05, 4.69) is 10.0 Å². The third kappa shape index (κ3) is 7.97. The van der Waals surface area contributed by atoms with Gasteiger partial charge in [0.1, 0.15) is 18.1 Å². The molecule has 1 atom stereocenters. The van der Waals surface area contributed by atoms with Gasteiger partial charge < -0.3 is 14.6 Å². The number of nitrogens with zero attached hydrogens (tertiary/aromatic N) is 1. The summed E-state index contributed by atoms with van der Waals surface area (Å²) in [6.07, 6.45) is -0.917. The summed E-state index contributed by atoms with van der Waals surface area (Å²) >= 11 is 0. The summed E-state index contributed by atoms with van der Waals surface area (Å²) in [6.45, 7) is 4.18. The van der Waals surface area contributed by atoms with E-state index >= 15 is 0 Å². The minimum atomic E-state index is -3.78. The quantitative estimate of drug-likeness (QED) is 0.327. The van der Waals surface area contributed by atoms with Crippen LogP contribution in [-0.2, 0) is 16.8 Å². The number of hydrogen-bond acceptors (Lipinski definition) is 6. The minimum Gasteiger partial charge on any atom is -0.487 e. The molecular weight excluding hydrogens is 466 g/mol. The Morgan fingerprint density at radius 1 is 0.971 bits per heavy atom. The number of para-hydroxylation sites is 1. The molecule has 3 aromatic rings. The van der Waals surface area contributed by atoms with E-state index in [-0.39, 0.29) is 18.8 Å². The maximum absolute atomic E-state index is 12.5. The van der Waals surface area contributed by atoms with Crippen molar-refractivity contribution in [3.8, 4) is 11.5 Å². The Bertz CT molecular complexity index is 1190. The maximum Gasteiger partial charge on any atom is 0.301 e. The largest absolute Gasteiger partial charge is 0.487 e. The number of hydrogen-bond donors (Lipinski definition) is 3. The van der Waals surface area contributed by atoms with E-state index in [1.807, 2.05) is 74.5 Å². The van der Waals surface area contributed by atoms with Gasteiger partial charge in [-0.3, -0.25) is 10.0 Å². The molecule has 3 aromatic carbocycles. The van der Waals surface area contributed by atoms with Crippen molar-refractivity contribution in [3.63, 3.8) is 0 Å². The molecule has 0 aliphatic carbocycles. The van der Waals surface area contributed by atoms with Gasteiger partial charge in [-0.2, -0.15) is 12.7 Å². The number of anilines is 1. The Morgan fingerprint density at radius 2 is 1.60 bits per heavy atom. The summed E-state index contributed by atoms with van der Waals surface area (Å²) < 4.78 is 40.5. The molecule has 0 fully saturated rings. The highest BCUT2D eigenvalue weighted by Gasteiger charge is 2.22. The Hall–Kier alpha value is -3.11. The molecule has 1 unspecified atom stereocenters. The molecule has 0 heterocycles. The van der Waals surface area contributed by atoms with Crippen molar-refractivity contribution in [1.29, 1.82) is 0 Å². The summed E-state index contributed by atoms with van der Waals surface area (Å²) in [5.74, 6) is 1.07. The highest BCUT2D eigenvalue weighted by molar-refractivity contribution is 7.90. The zero-order valence-electron chi connectivity index (χ0n) is 20.4. The molecule has 8 nitrogen and oxygen atoms in total. The average molecular weight is 500 g/mol. The Kier molecular flexibility index (Phi) is 8.74. The zero-order chi connectivity index (χ0) is 25.5. The topological polar surface area (TPSA) is 100 Å². The predicted octanol–water partition coefficient (Wildman–Crippen LogP) is 3.92. The fourth-order valence-corrected chi connectivity index (χ4v) is 3.83. The van der Waals surface area contributed by atoms with Crippen LogP contribution in [0, 0.1) is 0 Å². The first-order valence-electron chi connectivity index (χ1n) is 11.2. The van der Waals surface area contributed by atoms with Gasteiger partial charge in [0.05, 0.1) is 11.8 Å². The van der Waals surface area contributed by atoms with Crippen LogP contribution in [0.1, 0.15) is 31.1 Å². The van der Waals surface area contributed by atoms with Crippen LogP contribution in [-0.4, -0.2) is 44.2 Å². The van der Waals surface area contributed by atoms with E-state index in [1.54, 1.807) is 18.2 Å². The highest BCUT2D eigenvalue weighted by Crippen LogP contribution is 2.30. The first kappa shape index (κ1) is 26.5. The van der Waals surface area contributed by atoms with Crippen LogP contribution in [0.4, 0.5) is 5.69 Å². The van der Waals surface area contributed by atoms with Crippen LogP contribution in [0.5, 0.6) is 11.5 Å². The van der Waals surface area contributed by atoms with Gasteiger partial charge in [0, 0.05) is 20.6 Å². The van der Waals surface area contributed by atoms with Gasteiger partial charge >= 0.3 is 10.2 Å². The third-order valence-corrected chi connectivity index (χ3v) is 6.62. The monoisotopic (exact) mass is 499 g/mol. The van der Waals surface area contributed by atoms with E-state index in [4.69, 9.17) is 9.47 Å². The molecule has 0 saturated heterocycles. The van der Waals surface area contributed by atoms with E-state index in [9.17, 15) is 13.5 Å². The SMILES string of the molecule is CN(C)S(=O)(=O)Nc1cc(C(O)CNC(C)(C)Oc2ccccc2)ccc1OCc1ccccc1. The number of benzene rings is 3. The van der Waals surface area contributed by atoms with Crippen molar-refractivity contribution in [2.45, 2.75) is 32.3 Å². The second-order valence-corrected chi connectivity index (χ2v) is 10.6. The maximum atomic E-state index is 12.5. The van der Waals surface area contributed by atoms with Crippen LogP contribution >= 0.6 is 0 Å². The number of rotatable bonds is 12. The molecule has 0 amide bonds. The minimum absolute atomic E-state index is 0.184. The number of aliphatic hydroxyl groups is 1. The standard InChI is InChI=1S/C26H33N3O5S/c1-26(2,34-22-13-9-6-10-14-22)27-18-24(30)21-15-16-25(33-19-20-11-7-5-8-12-20)23(17-21)28-35(31,32)29(3)4/h5-17,24,27-28,30H,18-19H2,1-4H3. The molecule has 188 valence electrons. The van der Waals surface area contributed by atoms with Crippen LogP contribution in [0.3, 0.4) is 0 Å². The average Bonchev–Trinajstić information content (AvgIpc) is 2.82. The molecule has 35 heavy (non-hydrogen) atoms. The number of aliphatic hydroxyl groups excluding tert-OH is 1. The molecule has 3 rings (SSSR count). The fourth-order valence-electron chi connectivity index (χ4n) is 3.21. The van der Waals surface area contributed by atoms with Crippen molar-refractivity contribution in [3.05, 3.63) is 90.0 Å². The molecule has 9 heteroatoms. The van der Waals surface area contributed by atoms with Crippen LogP contribution in [0.2, 0.25) is 0 Å². The van der Waals surface area contributed by atoms with Crippen molar-refractivity contribution in [2.24, 2.45) is 0 Å². The molecular formula is C26H33N3O5S. The second-order valence-electron chi connectivity index (χ2n) is 8.74. The zero-order valence-corrected chi connectivity index (χ0v) is 21.2. The summed E-state index contributed by atoms with van der Waals surface area (Å²) in [6, 6.07) is 23.9. The summed E-state index contributed by atoms with van der Waals surface area (Å²) in [5.41, 5.74) is 0.974. The lowest BCUT2D eigenvalue weighted by atomic mass is 10.1. The summed E-state index contributed by atoms with van der Waals surface area (Å²) in [7, 11) is -0.914. The van der Waals surface area contributed by atoms with Gasteiger partial charge in [-0.15, -0.1) is 0 Å². The lowest BCUT2D eigenvalue weighted by Gasteiger charge is -2.29. The molecule has 0 aliphatic heterocycles. The molecule has 3 N–H and O–H groups in total. The smallest absolute Gasteiger partial charge is 0.301 e. The highest BCUT2D eigenvalue weighted by atomic mass is 32.2. The van der Waals surface area contributed by atoms with Gasteiger partial charge in [0.2, 0.25) is 0 Å². The number of nitrogens with one attached hydrogen (secondary N) is 2. The summed E-state index contributed by atoms with van der Waals surface area (Å²) in [5, 5.41) is 14.0. The van der Waals surface area contributed by atoms with Gasteiger partial charge in [0.15, 0.2) is 5.72 Å². The van der Waals surface area contributed by atoms with Gasteiger partial charge in [-0.25, -0.2) is 0 Å². The molecule has 0 bridgehead atoms. The van der Waals surface area contributed by atoms with Crippen molar-refractivity contribution >= 4 is 15.9 Å². The fraction of sp³-hybridized carbons (Fsp3) is 0.308. The van der Waals surface area contributed by atoms with Crippen molar-refractivity contribution in [2.75, 3.05) is 25.4 Å². The third-order valence-electron chi connectivity index (χ3n) is 5.18. The molecule has 0 saturated carbocycles. The van der Waals surface area contributed by atoms with E-state index in [0.717, 1.165) is 9.87 Å². The lowest BCUT2D eigenvalue weighted by molar-refractivity contribution is 0.0514. The van der Waals surface area contributed by atoms with Crippen molar-refractivity contribution in [1.82, 2.24) is 9.62 Å². The van der Waals surface area contributed by atoms with E-state index < -0.39 is 22.0 Å². The van der Waals surface area contributed by atoms with E-state index in [1.165, 1.54) is 14.1 Å².